The van der Waals surface area contributed by atoms with Crippen LogP contribution in [0.5, 0.6) is 11.8 Å². The van der Waals surface area contributed by atoms with E-state index in [1.54, 1.807) is 14.2 Å². The van der Waals surface area contributed by atoms with E-state index in [-0.39, 0.29) is 0 Å². The summed E-state index contributed by atoms with van der Waals surface area (Å²) >= 11 is 0. The number of hydrogen-bond acceptors (Lipinski definition) is 5. The van der Waals surface area contributed by atoms with Crippen molar-refractivity contribution in [3.05, 3.63) is 11.9 Å². The lowest BCUT2D eigenvalue weighted by atomic mass is 10.0. The van der Waals surface area contributed by atoms with Crippen LogP contribution in [-0.4, -0.2) is 30.2 Å². The second kappa shape index (κ2) is 7.16. The zero-order chi connectivity index (χ0) is 13.5. The van der Waals surface area contributed by atoms with Crippen molar-refractivity contribution in [3.8, 4) is 11.8 Å². The molecule has 1 aromatic heterocycles. The highest BCUT2D eigenvalue weighted by Crippen LogP contribution is 2.23. The van der Waals surface area contributed by atoms with Crippen LogP contribution in [0.3, 0.4) is 0 Å². The minimum absolute atomic E-state index is 0.421. The average Bonchev–Trinajstić information content (AvgIpc) is 2.43. The van der Waals surface area contributed by atoms with Gasteiger partial charge in [-0.05, 0) is 12.8 Å². The maximum Gasteiger partial charge on any atom is 0.224 e. The summed E-state index contributed by atoms with van der Waals surface area (Å²) in [5.74, 6) is 1.74. The average molecular weight is 253 g/mol. The molecular formula is C13H23N3O2. The lowest BCUT2D eigenvalue weighted by Crippen LogP contribution is -2.31. The summed E-state index contributed by atoms with van der Waals surface area (Å²) in [5.41, 5.74) is 0.859. The molecule has 0 bridgehead atoms. The van der Waals surface area contributed by atoms with Crippen LogP contribution in [0.15, 0.2) is 6.33 Å². The summed E-state index contributed by atoms with van der Waals surface area (Å²) in [5, 5.41) is 3.46. The predicted octanol–water partition coefficient (Wildman–Crippen LogP) is 2.02. The molecule has 1 aromatic rings. The standard InChI is InChI=1S/C13H23N3O2/c1-6-9(2)10(3)14-7-11-12(17-4)15-8-16-13(11)18-5/h8-10,14H,6-7H2,1-5H3. The highest BCUT2D eigenvalue weighted by molar-refractivity contribution is 5.34. The minimum atomic E-state index is 0.421. The Morgan fingerprint density at radius 1 is 1.17 bits per heavy atom. The van der Waals surface area contributed by atoms with Gasteiger partial charge in [-0.2, -0.15) is 0 Å². The number of hydrogen-bond donors (Lipinski definition) is 1. The molecular weight excluding hydrogens is 230 g/mol. The zero-order valence-corrected chi connectivity index (χ0v) is 11.9. The van der Waals surface area contributed by atoms with E-state index in [1.165, 1.54) is 6.33 Å². The lowest BCUT2D eigenvalue weighted by Gasteiger charge is -2.20. The van der Waals surface area contributed by atoms with Gasteiger partial charge >= 0.3 is 0 Å². The molecule has 2 atom stereocenters. The Hall–Kier alpha value is -1.36. The van der Waals surface area contributed by atoms with E-state index in [2.05, 4.69) is 36.1 Å². The van der Waals surface area contributed by atoms with E-state index in [4.69, 9.17) is 9.47 Å². The molecule has 0 amide bonds. The molecule has 0 fully saturated rings. The van der Waals surface area contributed by atoms with Crippen LogP contribution in [0.25, 0.3) is 0 Å². The smallest absolute Gasteiger partial charge is 0.224 e. The molecule has 1 heterocycles. The summed E-state index contributed by atoms with van der Waals surface area (Å²) < 4.78 is 10.5. The quantitative estimate of drug-likeness (QED) is 0.805. The minimum Gasteiger partial charge on any atom is -0.481 e. The van der Waals surface area contributed by atoms with E-state index in [0.29, 0.717) is 30.3 Å². The lowest BCUT2D eigenvalue weighted by molar-refractivity contribution is 0.346. The molecule has 1 N–H and O–H groups in total. The molecule has 0 saturated heterocycles. The summed E-state index contributed by atoms with van der Waals surface area (Å²) in [7, 11) is 3.20. The van der Waals surface area contributed by atoms with Crippen LogP contribution in [0.4, 0.5) is 0 Å². The maximum absolute atomic E-state index is 5.24. The first kappa shape index (κ1) is 14.7. The number of aromatic nitrogens is 2. The van der Waals surface area contributed by atoms with Gasteiger partial charge in [0.2, 0.25) is 11.8 Å². The Labute approximate surface area is 109 Å². The van der Waals surface area contributed by atoms with E-state index < -0.39 is 0 Å². The number of rotatable bonds is 7. The summed E-state index contributed by atoms with van der Waals surface area (Å²) in [6.07, 6.45) is 2.59. The molecule has 5 heteroatoms. The summed E-state index contributed by atoms with van der Waals surface area (Å²) in [4.78, 5) is 8.19. The van der Waals surface area contributed by atoms with Crippen molar-refractivity contribution in [1.82, 2.24) is 15.3 Å². The van der Waals surface area contributed by atoms with Crippen LogP contribution in [0, 0.1) is 5.92 Å². The van der Waals surface area contributed by atoms with Gasteiger partial charge < -0.3 is 14.8 Å². The van der Waals surface area contributed by atoms with Crippen molar-refractivity contribution in [2.24, 2.45) is 5.92 Å². The van der Waals surface area contributed by atoms with Gasteiger partial charge in [-0.3, -0.25) is 0 Å². The first-order valence-corrected chi connectivity index (χ1v) is 6.29. The normalized spacial score (nSPS) is 14.1. The highest BCUT2D eigenvalue weighted by Gasteiger charge is 2.15. The number of nitrogens with zero attached hydrogens (tertiary/aromatic N) is 2. The van der Waals surface area contributed by atoms with Crippen molar-refractivity contribution in [3.63, 3.8) is 0 Å². The van der Waals surface area contributed by atoms with Crippen LogP contribution >= 0.6 is 0 Å². The topological polar surface area (TPSA) is 56.3 Å². The number of nitrogens with one attached hydrogen (secondary N) is 1. The van der Waals surface area contributed by atoms with E-state index in [9.17, 15) is 0 Å². The third kappa shape index (κ3) is 3.57. The molecule has 0 aliphatic rings. The van der Waals surface area contributed by atoms with Gasteiger partial charge in [-0.15, -0.1) is 0 Å². The first-order chi connectivity index (χ1) is 8.63. The van der Waals surface area contributed by atoms with Crippen LogP contribution < -0.4 is 14.8 Å². The van der Waals surface area contributed by atoms with E-state index >= 15 is 0 Å². The monoisotopic (exact) mass is 253 g/mol. The fourth-order valence-corrected chi connectivity index (χ4v) is 1.70. The molecule has 1 rings (SSSR count). The van der Waals surface area contributed by atoms with Crippen molar-refractivity contribution >= 4 is 0 Å². The Kier molecular flexibility index (Phi) is 5.85. The fourth-order valence-electron chi connectivity index (χ4n) is 1.70. The van der Waals surface area contributed by atoms with E-state index in [1.807, 2.05) is 0 Å². The molecule has 2 unspecified atom stereocenters. The third-order valence-corrected chi connectivity index (χ3v) is 3.35. The third-order valence-electron chi connectivity index (χ3n) is 3.35. The van der Waals surface area contributed by atoms with Gasteiger partial charge in [0.15, 0.2) is 0 Å². The van der Waals surface area contributed by atoms with Gasteiger partial charge in [-0.25, -0.2) is 9.97 Å². The number of methoxy groups -OCH3 is 2. The van der Waals surface area contributed by atoms with E-state index in [0.717, 1.165) is 12.0 Å². The molecule has 5 nitrogen and oxygen atoms in total. The van der Waals surface area contributed by atoms with Crippen LogP contribution in [0.2, 0.25) is 0 Å². The second-order valence-electron chi connectivity index (χ2n) is 4.43. The molecule has 102 valence electrons. The molecule has 0 saturated carbocycles. The molecule has 18 heavy (non-hydrogen) atoms. The first-order valence-electron chi connectivity index (χ1n) is 6.29. The molecule has 0 aromatic carbocycles. The summed E-state index contributed by atoms with van der Waals surface area (Å²) in [6, 6.07) is 0.421. The highest BCUT2D eigenvalue weighted by atomic mass is 16.5. The fraction of sp³-hybridized carbons (Fsp3) is 0.692. The second-order valence-corrected chi connectivity index (χ2v) is 4.43. The SMILES string of the molecule is CCC(C)C(C)NCc1c(OC)ncnc1OC. The Balaban J connectivity index is 2.76. The Morgan fingerprint density at radius 3 is 2.17 bits per heavy atom. The van der Waals surface area contributed by atoms with Gasteiger partial charge in [0, 0.05) is 12.6 Å². The van der Waals surface area contributed by atoms with Crippen molar-refractivity contribution in [2.75, 3.05) is 14.2 Å². The molecule has 0 radical (unpaired) electrons. The Morgan fingerprint density at radius 2 is 1.72 bits per heavy atom. The van der Waals surface area contributed by atoms with Crippen molar-refractivity contribution in [2.45, 2.75) is 39.8 Å². The van der Waals surface area contributed by atoms with Crippen LogP contribution in [-0.2, 0) is 6.54 Å². The van der Waals surface area contributed by atoms with Gasteiger partial charge in [-0.1, -0.05) is 20.3 Å². The summed E-state index contributed by atoms with van der Waals surface area (Å²) in [6.45, 7) is 7.23. The maximum atomic E-state index is 5.24. The van der Waals surface area contributed by atoms with Crippen molar-refractivity contribution < 1.29 is 9.47 Å². The largest absolute Gasteiger partial charge is 0.481 e. The molecule has 0 aliphatic carbocycles. The molecule has 0 aliphatic heterocycles. The number of ether oxygens (including phenoxy) is 2. The van der Waals surface area contributed by atoms with Crippen LogP contribution in [0.1, 0.15) is 32.8 Å². The van der Waals surface area contributed by atoms with Gasteiger partial charge in [0.05, 0.1) is 19.8 Å². The Bertz CT molecular complexity index is 349. The molecule has 0 spiro atoms. The zero-order valence-electron chi connectivity index (χ0n) is 11.9. The predicted molar refractivity (Wildman–Crippen MR) is 70.9 cm³/mol. The van der Waals surface area contributed by atoms with Gasteiger partial charge in [0.1, 0.15) is 6.33 Å². The van der Waals surface area contributed by atoms with Crippen molar-refractivity contribution in [1.29, 1.82) is 0 Å². The van der Waals surface area contributed by atoms with Gasteiger partial charge in [0.25, 0.3) is 0 Å².